The SMILES string of the molecule is O=C(CC1(COc2ccc(F)cc2)CN(Cc2cccc(O)c2)CCO1)N1CCOCC1. The molecule has 0 aromatic heterocycles. The fourth-order valence-corrected chi connectivity index (χ4v) is 4.16. The van der Waals surface area contributed by atoms with Gasteiger partial charge in [-0.05, 0) is 42.0 Å². The summed E-state index contributed by atoms with van der Waals surface area (Å²) in [7, 11) is 0. The van der Waals surface area contributed by atoms with E-state index in [0.29, 0.717) is 58.3 Å². The summed E-state index contributed by atoms with van der Waals surface area (Å²) in [6.45, 7) is 4.68. The van der Waals surface area contributed by atoms with E-state index in [-0.39, 0.29) is 30.5 Å². The number of carbonyl (C=O) groups is 1. The third-order valence-corrected chi connectivity index (χ3v) is 5.80. The number of amides is 1. The van der Waals surface area contributed by atoms with Crippen LogP contribution in [0.2, 0.25) is 0 Å². The number of hydrogen-bond acceptors (Lipinski definition) is 6. The van der Waals surface area contributed by atoms with Crippen LogP contribution in [0.1, 0.15) is 12.0 Å². The summed E-state index contributed by atoms with van der Waals surface area (Å²) >= 11 is 0. The molecule has 2 fully saturated rings. The second-order valence-electron chi connectivity index (χ2n) is 8.32. The summed E-state index contributed by atoms with van der Waals surface area (Å²) in [6.07, 6.45) is 0.185. The molecule has 2 saturated heterocycles. The second kappa shape index (κ2) is 10.3. The number of rotatable bonds is 7. The van der Waals surface area contributed by atoms with E-state index < -0.39 is 5.60 Å². The monoisotopic (exact) mass is 444 g/mol. The lowest BCUT2D eigenvalue weighted by molar-refractivity contribution is -0.159. The third-order valence-electron chi connectivity index (χ3n) is 5.80. The number of phenolic OH excluding ortho intramolecular Hbond substituents is 1. The number of ether oxygens (including phenoxy) is 3. The first kappa shape index (κ1) is 22.5. The number of carbonyl (C=O) groups excluding carboxylic acids is 1. The van der Waals surface area contributed by atoms with Crippen LogP contribution in [0.25, 0.3) is 0 Å². The van der Waals surface area contributed by atoms with Gasteiger partial charge in [0.2, 0.25) is 5.91 Å². The van der Waals surface area contributed by atoms with Gasteiger partial charge >= 0.3 is 0 Å². The fraction of sp³-hybridized carbons (Fsp3) is 0.458. The molecule has 1 N–H and O–H groups in total. The summed E-state index contributed by atoms with van der Waals surface area (Å²) in [4.78, 5) is 17.1. The molecule has 2 heterocycles. The maximum absolute atomic E-state index is 13.3. The maximum atomic E-state index is 13.3. The topological polar surface area (TPSA) is 71.5 Å². The van der Waals surface area contributed by atoms with Gasteiger partial charge in [0.25, 0.3) is 0 Å². The number of hydrogen-bond donors (Lipinski definition) is 1. The first-order chi connectivity index (χ1) is 15.5. The van der Waals surface area contributed by atoms with Crippen molar-refractivity contribution in [3.05, 3.63) is 59.9 Å². The molecule has 7 nitrogen and oxygen atoms in total. The van der Waals surface area contributed by atoms with E-state index in [1.54, 1.807) is 29.2 Å². The third kappa shape index (κ3) is 5.97. The van der Waals surface area contributed by atoms with Crippen LogP contribution in [0, 0.1) is 5.82 Å². The molecular weight excluding hydrogens is 415 g/mol. The molecule has 4 rings (SSSR count). The highest BCUT2D eigenvalue weighted by Crippen LogP contribution is 2.27. The summed E-state index contributed by atoms with van der Waals surface area (Å²) in [6, 6.07) is 13.0. The zero-order chi connectivity index (χ0) is 22.4. The Balaban J connectivity index is 1.48. The van der Waals surface area contributed by atoms with Gasteiger partial charge in [0.05, 0.1) is 26.2 Å². The lowest BCUT2D eigenvalue weighted by Crippen LogP contribution is -2.57. The lowest BCUT2D eigenvalue weighted by Gasteiger charge is -2.43. The van der Waals surface area contributed by atoms with Crippen molar-refractivity contribution in [3.63, 3.8) is 0 Å². The predicted octanol–water partition coefficient (Wildman–Crippen LogP) is 2.43. The molecule has 2 aromatic carbocycles. The van der Waals surface area contributed by atoms with Crippen molar-refractivity contribution in [1.82, 2.24) is 9.80 Å². The number of aromatic hydroxyl groups is 1. The van der Waals surface area contributed by atoms with Gasteiger partial charge in [0.15, 0.2) is 0 Å². The molecule has 172 valence electrons. The zero-order valence-corrected chi connectivity index (χ0v) is 18.0. The van der Waals surface area contributed by atoms with E-state index in [0.717, 1.165) is 5.56 Å². The number of nitrogens with zero attached hydrogens (tertiary/aromatic N) is 2. The van der Waals surface area contributed by atoms with Crippen molar-refractivity contribution in [2.24, 2.45) is 0 Å². The minimum Gasteiger partial charge on any atom is -0.508 e. The molecule has 2 aliphatic heterocycles. The Labute approximate surface area is 187 Å². The Hall–Kier alpha value is -2.68. The molecule has 32 heavy (non-hydrogen) atoms. The molecular formula is C24H29FN2O5. The second-order valence-corrected chi connectivity index (χ2v) is 8.32. The molecule has 2 aliphatic rings. The van der Waals surface area contributed by atoms with E-state index >= 15 is 0 Å². The van der Waals surface area contributed by atoms with Crippen molar-refractivity contribution in [1.29, 1.82) is 0 Å². The zero-order valence-electron chi connectivity index (χ0n) is 18.0. The molecule has 1 unspecified atom stereocenters. The van der Waals surface area contributed by atoms with Crippen LogP contribution in [0.15, 0.2) is 48.5 Å². The van der Waals surface area contributed by atoms with Crippen LogP contribution in [0.5, 0.6) is 11.5 Å². The number of phenols is 1. The van der Waals surface area contributed by atoms with Gasteiger partial charge < -0.3 is 24.2 Å². The number of benzene rings is 2. The quantitative estimate of drug-likeness (QED) is 0.707. The number of morpholine rings is 2. The summed E-state index contributed by atoms with van der Waals surface area (Å²) in [5.41, 5.74) is 0.151. The normalized spacial score (nSPS) is 22.0. The van der Waals surface area contributed by atoms with Gasteiger partial charge in [-0.3, -0.25) is 9.69 Å². The van der Waals surface area contributed by atoms with Gasteiger partial charge in [-0.25, -0.2) is 4.39 Å². The van der Waals surface area contributed by atoms with Gasteiger partial charge in [-0.1, -0.05) is 12.1 Å². The maximum Gasteiger partial charge on any atom is 0.225 e. The van der Waals surface area contributed by atoms with Crippen molar-refractivity contribution >= 4 is 5.91 Å². The predicted molar refractivity (Wildman–Crippen MR) is 116 cm³/mol. The van der Waals surface area contributed by atoms with Crippen LogP contribution in [0.3, 0.4) is 0 Å². The first-order valence-electron chi connectivity index (χ1n) is 10.9. The van der Waals surface area contributed by atoms with E-state index in [1.807, 2.05) is 12.1 Å². The Morgan fingerprint density at radius 2 is 1.88 bits per heavy atom. The molecule has 0 bridgehead atoms. The van der Waals surface area contributed by atoms with Gasteiger partial charge in [0.1, 0.15) is 29.5 Å². The molecule has 0 saturated carbocycles. The lowest BCUT2D eigenvalue weighted by atomic mass is 9.96. The Morgan fingerprint density at radius 3 is 2.62 bits per heavy atom. The standard InChI is InChI=1S/C24H29FN2O5/c25-20-4-6-22(7-5-20)31-18-24(15-23(29)27-9-11-30-12-10-27)17-26(8-13-32-24)16-19-2-1-3-21(28)14-19/h1-7,14,28H,8-13,15-18H2. The molecule has 0 radical (unpaired) electrons. The van der Waals surface area contributed by atoms with Crippen LogP contribution in [-0.2, 0) is 20.8 Å². The largest absolute Gasteiger partial charge is 0.508 e. The van der Waals surface area contributed by atoms with Crippen LogP contribution in [-0.4, -0.2) is 79.0 Å². The Morgan fingerprint density at radius 1 is 1.09 bits per heavy atom. The Bertz CT molecular complexity index is 904. The highest BCUT2D eigenvalue weighted by Gasteiger charge is 2.41. The average Bonchev–Trinajstić information content (AvgIpc) is 2.80. The van der Waals surface area contributed by atoms with Crippen LogP contribution < -0.4 is 4.74 Å². The fourth-order valence-electron chi connectivity index (χ4n) is 4.16. The van der Waals surface area contributed by atoms with Crippen molar-refractivity contribution in [2.75, 3.05) is 52.6 Å². The molecule has 8 heteroatoms. The van der Waals surface area contributed by atoms with Gasteiger partial charge in [-0.2, -0.15) is 0 Å². The molecule has 1 atom stereocenters. The van der Waals surface area contributed by atoms with E-state index in [1.165, 1.54) is 12.1 Å². The Kier molecular flexibility index (Phi) is 7.24. The highest BCUT2D eigenvalue weighted by atomic mass is 19.1. The average molecular weight is 445 g/mol. The van der Waals surface area contributed by atoms with Crippen molar-refractivity contribution in [2.45, 2.75) is 18.6 Å². The molecule has 1 amide bonds. The minimum absolute atomic E-state index is 0.00946. The van der Waals surface area contributed by atoms with Crippen molar-refractivity contribution in [3.8, 4) is 11.5 Å². The van der Waals surface area contributed by atoms with E-state index in [4.69, 9.17) is 14.2 Å². The van der Waals surface area contributed by atoms with E-state index in [2.05, 4.69) is 4.90 Å². The van der Waals surface area contributed by atoms with Crippen LogP contribution >= 0.6 is 0 Å². The molecule has 2 aromatic rings. The van der Waals surface area contributed by atoms with Crippen LogP contribution in [0.4, 0.5) is 4.39 Å². The van der Waals surface area contributed by atoms with Gasteiger partial charge in [0, 0.05) is 32.7 Å². The summed E-state index contributed by atoms with van der Waals surface area (Å²) < 4.78 is 30.8. The van der Waals surface area contributed by atoms with Gasteiger partial charge in [-0.15, -0.1) is 0 Å². The van der Waals surface area contributed by atoms with E-state index in [9.17, 15) is 14.3 Å². The first-order valence-corrected chi connectivity index (χ1v) is 10.9. The summed E-state index contributed by atoms with van der Waals surface area (Å²) in [5.74, 6) is 0.429. The minimum atomic E-state index is -0.834. The summed E-state index contributed by atoms with van der Waals surface area (Å²) in [5, 5.41) is 9.79. The smallest absolute Gasteiger partial charge is 0.225 e. The number of halogens is 1. The molecule has 0 aliphatic carbocycles. The van der Waals surface area contributed by atoms with Crippen molar-refractivity contribution < 1.29 is 28.5 Å². The molecule has 0 spiro atoms. The highest BCUT2D eigenvalue weighted by molar-refractivity contribution is 5.77.